The molecule has 6 heteroatoms. The van der Waals surface area contributed by atoms with Gasteiger partial charge in [-0.2, -0.15) is 0 Å². The summed E-state index contributed by atoms with van der Waals surface area (Å²) in [6, 6.07) is 5.62. The Morgan fingerprint density at radius 3 is 2.18 bits per heavy atom. The van der Waals surface area contributed by atoms with E-state index in [0.29, 0.717) is 16.0 Å². The summed E-state index contributed by atoms with van der Waals surface area (Å²) in [5, 5.41) is 2.49. The second-order valence-corrected chi connectivity index (χ2v) is 6.89. The summed E-state index contributed by atoms with van der Waals surface area (Å²) < 4.78 is 2.23. The lowest BCUT2D eigenvalue weighted by Gasteiger charge is -2.11. The lowest BCUT2D eigenvalue weighted by Crippen LogP contribution is -1.99. The molecule has 2 aromatic rings. The van der Waals surface area contributed by atoms with Gasteiger partial charge in [-0.15, -0.1) is 0 Å². The van der Waals surface area contributed by atoms with E-state index >= 15 is 0 Å². The molecule has 0 aliphatic carbocycles. The van der Waals surface area contributed by atoms with Crippen LogP contribution in [0.5, 0.6) is 0 Å². The quantitative estimate of drug-likeness (QED) is 0.797. The van der Waals surface area contributed by atoms with Gasteiger partial charge in [0.15, 0.2) is 0 Å². The van der Waals surface area contributed by atoms with Gasteiger partial charge in [0.25, 0.3) is 0 Å². The van der Waals surface area contributed by atoms with E-state index in [-0.39, 0.29) is 0 Å². The third-order valence-corrected chi connectivity index (χ3v) is 4.58. The maximum atomic E-state index is 6.08. The van der Waals surface area contributed by atoms with Crippen LogP contribution in [0.3, 0.4) is 0 Å². The Morgan fingerprint density at radius 2 is 1.73 bits per heavy atom. The first-order valence-electron chi connectivity index (χ1n) is 7.21. The van der Waals surface area contributed by atoms with Crippen molar-refractivity contribution in [3.8, 4) is 0 Å². The van der Waals surface area contributed by atoms with Crippen LogP contribution in [-0.2, 0) is 6.54 Å². The number of nitrogens with two attached hydrogens (primary N) is 1. The van der Waals surface area contributed by atoms with Crippen molar-refractivity contribution in [1.82, 2.24) is 9.55 Å². The number of imidazole rings is 1. The average Bonchev–Trinajstić information content (AvgIpc) is 2.76. The second kappa shape index (κ2) is 8.82. The van der Waals surface area contributed by atoms with E-state index in [1.165, 1.54) is 12.1 Å². The van der Waals surface area contributed by atoms with Gasteiger partial charge in [-0.05, 0) is 45.0 Å². The normalized spacial score (nSPS) is 10.6. The van der Waals surface area contributed by atoms with Gasteiger partial charge in [-0.25, -0.2) is 4.98 Å². The molecular weight excluding hydrogens is 337 g/mol. The zero-order chi connectivity index (χ0) is 16.9. The molecule has 122 valence electrons. The fraction of sp³-hybridized carbons (Fsp3) is 0.438. The van der Waals surface area contributed by atoms with Crippen LogP contribution < -0.4 is 5.73 Å². The van der Waals surface area contributed by atoms with Gasteiger partial charge in [0.1, 0.15) is 10.9 Å². The largest absolute Gasteiger partial charge is 0.333 e. The first kappa shape index (κ1) is 19.4. The van der Waals surface area contributed by atoms with Crippen molar-refractivity contribution < 1.29 is 0 Å². The molecule has 0 fully saturated rings. The average molecular weight is 360 g/mol. The van der Waals surface area contributed by atoms with Crippen molar-refractivity contribution in [3.63, 3.8) is 0 Å². The van der Waals surface area contributed by atoms with Gasteiger partial charge >= 0.3 is 0 Å². The van der Waals surface area contributed by atoms with Crippen molar-refractivity contribution in [2.75, 3.05) is 7.05 Å². The highest BCUT2D eigenvalue weighted by molar-refractivity contribution is 7.99. The van der Waals surface area contributed by atoms with Crippen LogP contribution in [0, 0.1) is 6.92 Å². The molecule has 0 saturated heterocycles. The van der Waals surface area contributed by atoms with E-state index in [9.17, 15) is 0 Å². The van der Waals surface area contributed by atoms with Crippen LogP contribution in [0.1, 0.15) is 38.2 Å². The summed E-state index contributed by atoms with van der Waals surface area (Å²) in [6.07, 6.45) is 0. The second-order valence-electron chi connectivity index (χ2n) is 4.96. The zero-order valence-corrected chi connectivity index (χ0v) is 16.0. The van der Waals surface area contributed by atoms with Gasteiger partial charge in [-0.3, -0.25) is 0 Å². The summed E-state index contributed by atoms with van der Waals surface area (Å²) in [5.41, 5.74) is 5.63. The summed E-state index contributed by atoms with van der Waals surface area (Å²) in [5.74, 6) is 1.44. The number of aromatic nitrogens is 2. The number of hydrogen-bond donors (Lipinski definition) is 1. The molecule has 2 N–H and O–H groups in total. The Labute approximate surface area is 147 Å². The molecule has 0 radical (unpaired) electrons. The van der Waals surface area contributed by atoms with E-state index in [1.54, 1.807) is 17.8 Å². The molecule has 0 aliphatic rings. The first-order valence-corrected chi connectivity index (χ1v) is 8.78. The number of benzene rings is 1. The van der Waals surface area contributed by atoms with Gasteiger partial charge < -0.3 is 10.3 Å². The lowest BCUT2D eigenvalue weighted by molar-refractivity contribution is 0.664. The van der Waals surface area contributed by atoms with E-state index in [0.717, 1.165) is 23.0 Å². The molecule has 0 aliphatic heterocycles. The molecule has 0 saturated carbocycles. The molecule has 0 amide bonds. The minimum Gasteiger partial charge on any atom is -0.333 e. The molecule has 3 nitrogen and oxygen atoms in total. The molecule has 0 unspecified atom stereocenters. The molecule has 1 aromatic carbocycles. The smallest absolute Gasteiger partial charge is 0.106 e. The molecule has 1 heterocycles. The maximum Gasteiger partial charge on any atom is 0.106 e. The third-order valence-electron chi connectivity index (χ3n) is 3.05. The number of rotatable bonds is 4. The molecule has 1 aromatic heterocycles. The fourth-order valence-corrected chi connectivity index (χ4v) is 4.13. The molecule has 22 heavy (non-hydrogen) atoms. The minimum absolute atomic E-state index is 0.388. The van der Waals surface area contributed by atoms with Crippen LogP contribution in [0.15, 0.2) is 28.1 Å². The predicted molar refractivity (Wildman–Crippen MR) is 97.4 cm³/mol. The standard InChI is InChI=1S/C15H18Cl2N2S.CH5N/c1-5-19-10(4)18-14(9(2)3)15(19)20-13-7-11(16)6-12(17)8-13;1-2/h6-9H,5H2,1-4H3;2H2,1H3. The van der Waals surface area contributed by atoms with Crippen molar-refractivity contribution in [1.29, 1.82) is 0 Å². The van der Waals surface area contributed by atoms with Crippen LogP contribution in [0.2, 0.25) is 10.0 Å². The SMILES string of the molecule is CCn1c(C)nc(C(C)C)c1Sc1cc(Cl)cc(Cl)c1.CN. The van der Waals surface area contributed by atoms with Gasteiger partial charge in [0.05, 0.1) is 5.69 Å². The first-order chi connectivity index (χ1) is 10.4. The van der Waals surface area contributed by atoms with Gasteiger partial charge in [-0.1, -0.05) is 48.8 Å². The summed E-state index contributed by atoms with van der Waals surface area (Å²) in [4.78, 5) is 5.74. The molecular formula is C16H23Cl2N3S. The predicted octanol–water partition coefficient (Wildman–Crippen LogP) is 5.37. The van der Waals surface area contributed by atoms with E-state index < -0.39 is 0 Å². The van der Waals surface area contributed by atoms with E-state index in [4.69, 9.17) is 28.2 Å². The monoisotopic (exact) mass is 359 g/mol. The molecule has 2 rings (SSSR count). The third kappa shape index (κ3) is 4.66. The summed E-state index contributed by atoms with van der Waals surface area (Å²) in [7, 11) is 1.50. The number of nitrogens with zero attached hydrogens (tertiary/aromatic N) is 2. The number of hydrogen-bond acceptors (Lipinski definition) is 3. The molecule has 0 atom stereocenters. The van der Waals surface area contributed by atoms with Crippen LogP contribution in [-0.4, -0.2) is 16.6 Å². The van der Waals surface area contributed by atoms with E-state index in [2.05, 4.69) is 31.1 Å². The van der Waals surface area contributed by atoms with Gasteiger partial charge in [0.2, 0.25) is 0 Å². The Kier molecular flexibility index (Phi) is 7.77. The Bertz CT molecular complexity index is 604. The summed E-state index contributed by atoms with van der Waals surface area (Å²) in [6.45, 7) is 9.41. The highest BCUT2D eigenvalue weighted by Crippen LogP contribution is 2.36. The van der Waals surface area contributed by atoms with Crippen LogP contribution in [0.4, 0.5) is 0 Å². The number of halogens is 2. The number of aryl methyl sites for hydroxylation is 1. The van der Waals surface area contributed by atoms with Crippen molar-refractivity contribution in [3.05, 3.63) is 39.8 Å². The van der Waals surface area contributed by atoms with E-state index in [1.807, 2.05) is 19.1 Å². The Morgan fingerprint density at radius 1 is 1.18 bits per heavy atom. The summed E-state index contributed by atoms with van der Waals surface area (Å²) >= 11 is 13.8. The van der Waals surface area contributed by atoms with Crippen molar-refractivity contribution in [2.24, 2.45) is 5.73 Å². The Balaban J connectivity index is 0.00000116. The minimum atomic E-state index is 0.388. The molecule has 0 bridgehead atoms. The molecule has 0 spiro atoms. The van der Waals surface area contributed by atoms with Crippen LogP contribution in [0.25, 0.3) is 0 Å². The van der Waals surface area contributed by atoms with Crippen molar-refractivity contribution in [2.45, 2.75) is 50.1 Å². The topological polar surface area (TPSA) is 43.8 Å². The van der Waals surface area contributed by atoms with Crippen molar-refractivity contribution >= 4 is 35.0 Å². The Hall–Kier alpha value is -0.680. The van der Waals surface area contributed by atoms with Crippen LogP contribution >= 0.6 is 35.0 Å². The highest BCUT2D eigenvalue weighted by atomic mass is 35.5. The fourth-order valence-electron chi connectivity index (χ4n) is 2.12. The van der Waals surface area contributed by atoms with Gasteiger partial charge in [0, 0.05) is 21.5 Å². The highest BCUT2D eigenvalue weighted by Gasteiger charge is 2.17. The maximum absolute atomic E-state index is 6.08. The zero-order valence-electron chi connectivity index (χ0n) is 13.7. The lowest BCUT2D eigenvalue weighted by atomic mass is 10.1.